The number of nitrogens with zero attached hydrogens (tertiary/aromatic N) is 2. The van der Waals surface area contributed by atoms with Crippen LogP contribution in [0.1, 0.15) is 43.7 Å². The summed E-state index contributed by atoms with van der Waals surface area (Å²) in [6.45, 7) is 3.63. The molecule has 0 amide bonds. The molecule has 4 rings (SSSR count). The molecule has 0 spiro atoms. The predicted molar refractivity (Wildman–Crippen MR) is 87.2 cm³/mol. The molecule has 1 aliphatic heterocycles. The van der Waals surface area contributed by atoms with Crippen LogP contribution in [0.3, 0.4) is 0 Å². The van der Waals surface area contributed by atoms with Gasteiger partial charge in [0, 0.05) is 36.3 Å². The Kier molecular flexibility index (Phi) is 3.21. The number of anilines is 1. The summed E-state index contributed by atoms with van der Waals surface area (Å²) in [5.41, 5.74) is 2.20. The Morgan fingerprint density at radius 3 is 2.55 bits per heavy atom. The van der Waals surface area contributed by atoms with Crippen LogP contribution in [0.15, 0.2) is 23.1 Å². The molecule has 1 saturated heterocycles. The second-order valence-corrected chi connectivity index (χ2v) is 6.65. The summed E-state index contributed by atoms with van der Waals surface area (Å²) in [5, 5.41) is 0.519. The van der Waals surface area contributed by atoms with Crippen molar-refractivity contribution in [2.75, 3.05) is 18.0 Å². The fourth-order valence-corrected chi connectivity index (χ4v) is 3.53. The number of pyridine rings is 1. The van der Waals surface area contributed by atoms with Gasteiger partial charge in [0.25, 0.3) is 0 Å². The summed E-state index contributed by atoms with van der Waals surface area (Å²) < 4.78 is 16.8. The van der Waals surface area contributed by atoms with Gasteiger partial charge in [-0.15, -0.1) is 0 Å². The molecule has 1 aromatic carbocycles. The Balaban J connectivity index is 1.93. The summed E-state index contributed by atoms with van der Waals surface area (Å²) in [4.78, 5) is 14.5. The number of benzene rings is 1. The highest BCUT2D eigenvalue weighted by Gasteiger charge is 2.26. The van der Waals surface area contributed by atoms with Crippen molar-refractivity contribution in [3.63, 3.8) is 0 Å². The topological polar surface area (TPSA) is 25.2 Å². The van der Waals surface area contributed by atoms with Gasteiger partial charge in [-0.1, -0.05) is 0 Å². The molecule has 22 heavy (non-hydrogen) atoms. The average molecular weight is 300 g/mol. The maximum atomic E-state index is 14.6. The molecule has 4 heteroatoms. The van der Waals surface area contributed by atoms with Crippen molar-refractivity contribution < 1.29 is 4.39 Å². The summed E-state index contributed by atoms with van der Waals surface area (Å²) in [5.74, 6) is -0.264. The standard InChI is InChI=1S/C18H21FN2O/c1-12-11-21(13-5-6-13)16-10-17(20-7-3-2-4-8-20)15(19)9-14(16)18(12)22/h9-11,13H,2-8H2,1H3. The number of piperidine rings is 1. The normalized spacial score (nSPS) is 18.9. The highest BCUT2D eigenvalue weighted by molar-refractivity contribution is 5.84. The Morgan fingerprint density at radius 1 is 1.14 bits per heavy atom. The molecule has 2 aliphatic rings. The van der Waals surface area contributed by atoms with Gasteiger partial charge in [-0.3, -0.25) is 4.79 Å². The van der Waals surface area contributed by atoms with E-state index in [2.05, 4.69) is 9.47 Å². The Bertz CT molecular complexity index is 786. The molecule has 0 unspecified atom stereocenters. The van der Waals surface area contributed by atoms with E-state index in [1.165, 1.54) is 12.5 Å². The molecule has 0 radical (unpaired) electrons. The fraction of sp³-hybridized carbons (Fsp3) is 0.500. The van der Waals surface area contributed by atoms with Crippen molar-refractivity contribution in [3.8, 4) is 0 Å². The van der Waals surface area contributed by atoms with Crippen LogP contribution >= 0.6 is 0 Å². The van der Waals surface area contributed by atoms with E-state index in [1.54, 1.807) is 0 Å². The third-order valence-electron chi connectivity index (χ3n) is 4.92. The lowest BCUT2D eigenvalue weighted by molar-refractivity contribution is 0.557. The zero-order valence-corrected chi connectivity index (χ0v) is 12.9. The van der Waals surface area contributed by atoms with Crippen LogP contribution in [-0.2, 0) is 0 Å². The first kappa shape index (κ1) is 13.8. The van der Waals surface area contributed by atoms with E-state index < -0.39 is 0 Å². The zero-order valence-electron chi connectivity index (χ0n) is 12.9. The average Bonchev–Trinajstić information content (AvgIpc) is 3.36. The van der Waals surface area contributed by atoms with Crippen LogP contribution in [0.5, 0.6) is 0 Å². The van der Waals surface area contributed by atoms with E-state index in [0.29, 0.717) is 22.7 Å². The van der Waals surface area contributed by atoms with Crippen LogP contribution < -0.4 is 10.3 Å². The molecule has 2 heterocycles. The van der Waals surface area contributed by atoms with Crippen LogP contribution in [0.2, 0.25) is 0 Å². The smallest absolute Gasteiger partial charge is 0.192 e. The molecule has 3 nitrogen and oxygen atoms in total. The lowest BCUT2D eigenvalue weighted by atomic mass is 10.1. The minimum Gasteiger partial charge on any atom is -0.369 e. The van der Waals surface area contributed by atoms with E-state index in [9.17, 15) is 9.18 Å². The second-order valence-electron chi connectivity index (χ2n) is 6.65. The molecule has 0 atom stereocenters. The highest BCUT2D eigenvalue weighted by Crippen LogP contribution is 2.38. The molecule has 1 aromatic heterocycles. The molecule has 116 valence electrons. The van der Waals surface area contributed by atoms with Crippen molar-refractivity contribution >= 4 is 16.6 Å². The van der Waals surface area contributed by atoms with Crippen LogP contribution in [0, 0.1) is 12.7 Å². The van der Waals surface area contributed by atoms with Crippen molar-refractivity contribution in [2.45, 2.75) is 45.1 Å². The first-order valence-corrected chi connectivity index (χ1v) is 8.25. The maximum Gasteiger partial charge on any atom is 0.192 e. The van der Waals surface area contributed by atoms with Gasteiger partial charge in [0.15, 0.2) is 5.43 Å². The van der Waals surface area contributed by atoms with Crippen LogP contribution in [0.4, 0.5) is 10.1 Å². The molecule has 0 bridgehead atoms. The number of hydrogen-bond acceptors (Lipinski definition) is 2. The fourth-order valence-electron chi connectivity index (χ4n) is 3.53. The van der Waals surface area contributed by atoms with Crippen molar-refractivity contribution in [3.05, 3.63) is 39.9 Å². The number of rotatable bonds is 2. The molecular weight excluding hydrogens is 279 g/mol. The lowest BCUT2D eigenvalue weighted by Crippen LogP contribution is -2.30. The minimum absolute atomic E-state index is 0.0454. The zero-order chi connectivity index (χ0) is 15.3. The molecule has 1 aliphatic carbocycles. The number of hydrogen-bond donors (Lipinski definition) is 0. The van der Waals surface area contributed by atoms with Crippen molar-refractivity contribution in [2.24, 2.45) is 0 Å². The third kappa shape index (κ3) is 2.21. The molecule has 1 saturated carbocycles. The van der Waals surface area contributed by atoms with E-state index in [4.69, 9.17) is 0 Å². The third-order valence-corrected chi connectivity index (χ3v) is 4.92. The predicted octanol–water partition coefficient (Wildman–Crippen LogP) is 3.77. The Labute approximate surface area is 129 Å². The van der Waals surface area contributed by atoms with Crippen LogP contribution in [0.25, 0.3) is 10.9 Å². The first-order valence-electron chi connectivity index (χ1n) is 8.25. The van der Waals surface area contributed by atoms with E-state index in [1.807, 2.05) is 19.2 Å². The van der Waals surface area contributed by atoms with Gasteiger partial charge >= 0.3 is 0 Å². The van der Waals surface area contributed by atoms with Gasteiger partial charge in [-0.05, 0) is 51.2 Å². The van der Waals surface area contributed by atoms with Gasteiger partial charge in [0.2, 0.25) is 0 Å². The second kappa shape index (κ2) is 5.11. The quantitative estimate of drug-likeness (QED) is 0.843. The highest BCUT2D eigenvalue weighted by atomic mass is 19.1. The summed E-state index contributed by atoms with van der Waals surface area (Å²) in [6, 6.07) is 3.82. The number of aromatic nitrogens is 1. The monoisotopic (exact) mass is 300 g/mol. The number of halogens is 1. The van der Waals surface area contributed by atoms with Gasteiger partial charge in [0.1, 0.15) is 5.82 Å². The SMILES string of the molecule is Cc1cn(C2CC2)c2cc(N3CCCCC3)c(F)cc2c1=O. The van der Waals surface area contributed by atoms with E-state index in [-0.39, 0.29) is 11.2 Å². The van der Waals surface area contributed by atoms with Gasteiger partial charge in [-0.2, -0.15) is 0 Å². The van der Waals surface area contributed by atoms with E-state index in [0.717, 1.165) is 44.3 Å². The molecule has 2 aromatic rings. The Morgan fingerprint density at radius 2 is 1.86 bits per heavy atom. The molecular formula is C18H21FN2O. The molecule has 2 fully saturated rings. The van der Waals surface area contributed by atoms with Gasteiger partial charge in [-0.25, -0.2) is 4.39 Å². The van der Waals surface area contributed by atoms with Gasteiger partial charge < -0.3 is 9.47 Å². The van der Waals surface area contributed by atoms with Gasteiger partial charge in [0.05, 0.1) is 11.2 Å². The van der Waals surface area contributed by atoms with Crippen molar-refractivity contribution in [1.29, 1.82) is 0 Å². The number of aryl methyl sites for hydroxylation is 1. The maximum absolute atomic E-state index is 14.6. The Hall–Kier alpha value is -1.84. The van der Waals surface area contributed by atoms with Crippen LogP contribution in [-0.4, -0.2) is 17.7 Å². The van der Waals surface area contributed by atoms with Crippen molar-refractivity contribution in [1.82, 2.24) is 4.57 Å². The summed E-state index contributed by atoms with van der Waals surface area (Å²) >= 11 is 0. The minimum atomic E-state index is -0.264. The number of fused-ring (bicyclic) bond motifs is 1. The lowest BCUT2D eigenvalue weighted by Gasteiger charge is -2.29. The summed E-state index contributed by atoms with van der Waals surface area (Å²) in [7, 11) is 0. The first-order chi connectivity index (χ1) is 10.6. The molecule has 0 N–H and O–H groups in total. The largest absolute Gasteiger partial charge is 0.369 e. The van der Waals surface area contributed by atoms with E-state index >= 15 is 0 Å². The summed E-state index contributed by atoms with van der Waals surface area (Å²) in [6.07, 6.45) is 7.68.